The minimum atomic E-state index is -1.07. The summed E-state index contributed by atoms with van der Waals surface area (Å²) in [4.78, 5) is 15.8. The molecule has 0 saturated heterocycles. The molecule has 134 valence electrons. The predicted molar refractivity (Wildman–Crippen MR) is 104 cm³/mol. The Hall–Kier alpha value is -2.79. The van der Waals surface area contributed by atoms with E-state index in [1.807, 2.05) is 45.0 Å². The van der Waals surface area contributed by atoms with Gasteiger partial charge in [0.1, 0.15) is 5.75 Å². The van der Waals surface area contributed by atoms with Gasteiger partial charge in [0.05, 0.1) is 22.2 Å². The molecule has 1 heterocycles. The number of nitrogens with one attached hydrogen (secondary N) is 1. The number of nitrogens with zero attached hydrogens (tertiary/aromatic N) is 1. The summed E-state index contributed by atoms with van der Waals surface area (Å²) in [7, 11) is 0. The van der Waals surface area contributed by atoms with Crippen molar-refractivity contribution in [2.24, 2.45) is 0 Å². The van der Waals surface area contributed by atoms with Crippen molar-refractivity contribution in [3.63, 3.8) is 0 Å². The molecule has 2 aromatic carbocycles. The highest BCUT2D eigenvalue weighted by Gasteiger charge is 2.11. The zero-order chi connectivity index (χ0) is 18.8. The third-order valence-corrected chi connectivity index (χ3v) is 4.09. The molecule has 1 aromatic heterocycles. The van der Waals surface area contributed by atoms with E-state index in [2.05, 4.69) is 10.3 Å². The second kappa shape index (κ2) is 7.22. The van der Waals surface area contributed by atoms with Gasteiger partial charge in [0, 0.05) is 22.5 Å². The summed E-state index contributed by atoms with van der Waals surface area (Å²) in [5.74, 6) is -0.314. The van der Waals surface area contributed by atoms with Crippen LogP contribution in [0.1, 0.15) is 29.9 Å². The van der Waals surface area contributed by atoms with Gasteiger partial charge in [0.2, 0.25) is 0 Å². The standard InChI is InChI=1S/C20H19ClN2O3/c1-11(2)26-14-5-7-18-16(10-14)19(8-12(3)22-18)23-13-4-6-17(21)15(9-13)20(24)25/h4-11H,1-3H3,(H,22,23)(H,24,25). The van der Waals surface area contributed by atoms with Crippen LogP contribution in [0.5, 0.6) is 5.75 Å². The summed E-state index contributed by atoms with van der Waals surface area (Å²) in [5.41, 5.74) is 3.19. The molecule has 0 radical (unpaired) electrons. The Morgan fingerprint density at radius 3 is 2.65 bits per heavy atom. The van der Waals surface area contributed by atoms with Crippen LogP contribution in [0.3, 0.4) is 0 Å². The van der Waals surface area contributed by atoms with Crippen LogP contribution >= 0.6 is 11.6 Å². The normalized spacial score (nSPS) is 11.0. The van der Waals surface area contributed by atoms with E-state index in [1.165, 1.54) is 6.07 Å². The first-order valence-corrected chi connectivity index (χ1v) is 8.59. The molecule has 5 nitrogen and oxygen atoms in total. The minimum Gasteiger partial charge on any atom is -0.491 e. The van der Waals surface area contributed by atoms with Gasteiger partial charge in [0.15, 0.2) is 0 Å². The molecule has 0 saturated carbocycles. The number of pyridine rings is 1. The Kier molecular flexibility index (Phi) is 5.00. The summed E-state index contributed by atoms with van der Waals surface area (Å²) in [5, 5.41) is 13.6. The van der Waals surface area contributed by atoms with Gasteiger partial charge < -0.3 is 15.2 Å². The average molecular weight is 371 g/mol. The predicted octanol–water partition coefficient (Wildman–Crippen LogP) is 5.43. The number of hydrogen-bond donors (Lipinski definition) is 2. The molecule has 26 heavy (non-hydrogen) atoms. The van der Waals surface area contributed by atoms with Crippen LogP contribution in [0.15, 0.2) is 42.5 Å². The number of carboxylic acid groups (broad SMARTS) is 1. The number of fused-ring (bicyclic) bond motifs is 1. The van der Waals surface area contributed by atoms with Crippen molar-refractivity contribution >= 4 is 39.8 Å². The lowest BCUT2D eigenvalue weighted by Gasteiger charge is -2.14. The molecular formula is C20H19ClN2O3. The van der Waals surface area contributed by atoms with E-state index in [4.69, 9.17) is 16.3 Å². The van der Waals surface area contributed by atoms with Crippen LogP contribution in [0.4, 0.5) is 11.4 Å². The summed E-state index contributed by atoms with van der Waals surface area (Å²) in [6.45, 7) is 5.85. The molecule has 2 N–H and O–H groups in total. The highest BCUT2D eigenvalue weighted by atomic mass is 35.5. The van der Waals surface area contributed by atoms with Crippen LogP contribution in [-0.4, -0.2) is 22.2 Å². The Morgan fingerprint density at radius 2 is 1.96 bits per heavy atom. The highest BCUT2D eigenvalue weighted by molar-refractivity contribution is 6.33. The molecule has 6 heteroatoms. The van der Waals surface area contributed by atoms with Crippen molar-refractivity contribution in [2.45, 2.75) is 26.9 Å². The second-order valence-electron chi connectivity index (χ2n) is 6.28. The van der Waals surface area contributed by atoms with E-state index in [9.17, 15) is 9.90 Å². The number of halogens is 1. The number of ether oxygens (including phenoxy) is 1. The number of carbonyl (C=O) groups is 1. The maximum atomic E-state index is 11.3. The third-order valence-electron chi connectivity index (χ3n) is 3.76. The van der Waals surface area contributed by atoms with E-state index >= 15 is 0 Å². The van der Waals surface area contributed by atoms with Gasteiger partial charge >= 0.3 is 5.97 Å². The van der Waals surface area contributed by atoms with Crippen molar-refractivity contribution in [1.82, 2.24) is 4.98 Å². The first kappa shape index (κ1) is 18.0. The van der Waals surface area contributed by atoms with Crippen LogP contribution in [0.2, 0.25) is 5.02 Å². The summed E-state index contributed by atoms with van der Waals surface area (Å²) >= 11 is 5.95. The Morgan fingerprint density at radius 1 is 1.19 bits per heavy atom. The fourth-order valence-electron chi connectivity index (χ4n) is 2.71. The lowest BCUT2D eigenvalue weighted by molar-refractivity contribution is 0.0697. The molecule has 0 unspecified atom stereocenters. The number of aromatic nitrogens is 1. The first-order valence-electron chi connectivity index (χ1n) is 8.21. The van der Waals surface area contributed by atoms with E-state index < -0.39 is 5.97 Å². The zero-order valence-corrected chi connectivity index (χ0v) is 15.5. The van der Waals surface area contributed by atoms with Gasteiger partial charge in [-0.05, 0) is 63.2 Å². The topological polar surface area (TPSA) is 71.5 Å². The zero-order valence-electron chi connectivity index (χ0n) is 14.7. The molecule has 0 spiro atoms. The van der Waals surface area contributed by atoms with Gasteiger partial charge in [-0.2, -0.15) is 0 Å². The van der Waals surface area contributed by atoms with Crippen molar-refractivity contribution in [2.75, 3.05) is 5.32 Å². The molecule has 0 amide bonds. The summed E-state index contributed by atoms with van der Waals surface area (Å²) in [6.07, 6.45) is 0.0663. The number of aromatic carboxylic acids is 1. The maximum Gasteiger partial charge on any atom is 0.337 e. The first-order chi connectivity index (χ1) is 12.3. The molecule has 3 aromatic rings. The van der Waals surface area contributed by atoms with Crippen molar-refractivity contribution in [3.05, 3.63) is 58.7 Å². The van der Waals surface area contributed by atoms with Gasteiger partial charge in [-0.25, -0.2) is 4.79 Å². The van der Waals surface area contributed by atoms with Crippen LogP contribution in [0, 0.1) is 6.92 Å². The van der Waals surface area contributed by atoms with Crippen molar-refractivity contribution in [3.8, 4) is 5.75 Å². The van der Waals surface area contributed by atoms with Crippen LogP contribution in [0.25, 0.3) is 10.9 Å². The second-order valence-corrected chi connectivity index (χ2v) is 6.69. The summed E-state index contributed by atoms with van der Waals surface area (Å²) < 4.78 is 5.77. The third kappa shape index (κ3) is 3.89. The maximum absolute atomic E-state index is 11.3. The molecule has 0 aliphatic heterocycles. The number of rotatable bonds is 5. The molecule has 0 fully saturated rings. The number of anilines is 2. The minimum absolute atomic E-state index is 0.0515. The summed E-state index contributed by atoms with van der Waals surface area (Å²) in [6, 6.07) is 12.5. The number of hydrogen-bond acceptors (Lipinski definition) is 4. The van der Waals surface area contributed by atoms with Gasteiger partial charge in [-0.1, -0.05) is 11.6 Å². The Labute approximate surface area is 156 Å². The van der Waals surface area contributed by atoms with Crippen LogP contribution in [-0.2, 0) is 0 Å². The molecule has 0 aliphatic rings. The highest BCUT2D eigenvalue weighted by Crippen LogP contribution is 2.31. The fraction of sp³-hybridized carbons (Fsp3) is 0.200. The lowest BCUT2D eigenvalue weighted by Crippen LogP contribution is -2.05. The smallest absolute Gasteiger partial charge is 0.337 e. The monoisotopic (exact) mass is 370 g/mol. The Balaban J connectivity index is 2.06. The molecule has 0 atom stereocenters. The number of benzene rings is 2. The molecule has 0 bridgehead atoms. The van der Waals surface area contributed by atoms with Gasteiger partial charge in [-0.3, -0.25) is 4.98 Å². The fourth-order valence-corrected chi connectivity index (χ4v) is 2.91. The Bertz CT molecular complexity index is 986. The largest absolute Gasteiger partial charge is 0.491 e. The molecule has 0 aliphatic carbocycles. The van der Waals surface area contributed by atoms with Crippen LogP contribution < -0.4 is 10.1 Å². The average Bonchev–Trinajstić information content (AvgIpc) is 2.56. The van der Waals surface area contributed by atoms with Gasteiger partial charge in [-0.15, -0.1) is 0 Å². The van der Waals surface area contributed by atoms with Gasteiger partial charge in [0.25, 0.3) is 0 Å². The van der Waals surface area contributed by atoms with E-state index in [0.29, 0.717) is 5.69 Å². The number of carboxylic acids is 1. The SMILES string of the molecule is Cc1cc(Nc2ccc(Cl)c(C(=O)O)c2)c2cc(OC(C)C)ccc2n1. The van der Waals surface area contributed by atoms with E-state index in [-0.39, 0.29) is 16.7 Å². The molecular weight excluding hydrogens is 352 g/mol. The van der Waals surface area contributed by atoms with Crippen molar-refractivity contribution in [1.29, 1.82) is 0 Å². The molecule has 3 rings (SSSR count). The van der Waals surface area contributed by atoms with Crippen molar-refractivity contribution < 1.29 is 14.6 Å². The lowest BCUT2D eigenvalue weighted by atomic mass is 10.1. The quantitative estimate of drug-likeness (QED) is 0.627. The number of aryl methyl sites for hydroxylation is 1. The van der Waals surface area contributed by atoms with E-state index in [1.54, 1.807) is 12.1 Å². The van der Waals surface area contributed by atoms with E-state index in [0.717, 1.165) is 28.0 Å².